The van der Waals surface area contributed by atoms with Crippen molar-refractivity contribution in [2.24, 2.45) is 0 Å². The minimum absolute atomic E-state index is 0.0323. The Morgan fingerprint density at radius 1 is 0.471 bits per heavy atom. The summed E-state index contributed by atoms with van der Waals surface area (Å²) in [6.45, 7) is 4.19. The monoisotopic (exact) mass is 872 g/mol. The van der Waals surface area contributed by atoms with Crippen LogP contribution in [0.2, 0.25) is 0 Å². The largest absolute Gasteiger partial charge is 0.359 e. The molecule has 68 heavy (non-hydrogen) atoms. The van der Waals surface area contributed by atoms with E-state index < -0.39 is 0 Å². The zero-order valence-corrected chi connectivity index (χ0v) is 38.0. The third kappa shape index (κ3) is 7.06. The first kappa shape index (κ1) is 40.8. The van der Waals surface area contributed by atoms with Crippen molar-refractivity contribution in [1.29, 1.82) is 0 Å². The quantitative estimate of drug-likeness (QED) is 0.116. The van der Waals surface area contributed by atoms with Gasteiger partial charge in [-0.15, -0.1) is 0 Å². The Balaban J connectivity index is 1.04. The molecule has 1 aliphatic heterocycles. The average Bonchev–Trinajstić information content (AvgIpc) is 3.99. The molecule has 0 saturated heterocycles. The van der Waals surface area contributed by atoms with E-state index in [4.69, 9.17) is 4.98 Å². The van der Waals surface area contributed by atoms with Gasteiger partial charge in [-0.05, 0) is 140 Å². The molecule has 0 bridgehead atoms. The first-order valence-electron chi connectivity index (χ1n) is 23.5. The lowest BCUT2D eigenvalue weighted by Crippen LogP contribution is -2.26. The number of benzene rings is 10. The molecule has 4 heteroatoms. The van der Waals surface area contributed by atoms with Crippen LogP contribution >= 0.6 is 0 Å². The number of hydrogen-bond acceptors (Lipinski definition) is 3. The molecule has 1 aliphatic rings. The highest BCUT2D eigenvalue weighted by Gasteiger charge is 2.32. The van der Waals surface area contributed by atoms with E-state index in [1.165, 1.54) is 54.9 Å². The van der Waals surface area contributed by atoms with Crippen LogP contribution in [0.1, 0.15) is 25.6 Å². The average molecular weight is 873 g/mol. The van der Waals surface area contributed by atoms with E-state index >= 15 is 0 Å². The first-order valence-corrected chi connectivity index (χ1v) is 23.5. The molecule has 0 fully saturated rings. The number of nitrogens with zero attached hydrogens (tertiary/aromatic N) is 3. The number of nitrogens with one attached hydrogen (secondary N) is 1. The minimum atomic E-state index is -0.0323. The van der Waals surface area contributed by atoms with Gasteiger partial charge in [-0.3, -0.25) is 4.57 Å². The van der Waals surface area contributed by atoms with Crippen LogP contribution < -0.4 is 10.2 Å². The van der Waals surface area contributed by atoms with E-state index in [1.54, 1.807) is 0 Å². The molecule has 0 aliphatic carbocycles. The highest BCUT2D eigenvalue weighted by Crippen LogP contribution is 2.49. The standard InChI is InChI=1S/C64H48N4/c1-3-20-51(4-2)67-59-37-33-49(41-57(59)65-63(67)45-25-14-7-15-26-45)47-31-35-53-55(39-47)61(43-21-10-5-11-22-43)54-36-32-48(40-56(54)62(53)44-23-12-6-13-24-44)50-34-38-60-58(42-50)66-64(46-27-16-8-17-28-46)68(60)52-29-18-9-19-30-52/h3-42,63,65H,1-2H3/b20-3-,51-4+. The van der Waals surface area contributed by atoms with E-state index in [-0.39, 0.29) is 6.17 Å². The molecule has 1 atom stereocenters. The Morgan fingerprint density at radius 3 is 1.54 bits per heavy atom. The maximum absolute atomic E-state index is 5.31. The molecule has 1 aromatic heterocycles. The smallest absolute Gasteiger partial charge is 0.145 e. The molecular formula is C64H48N4. The van der Waals surface area contributed by atoms with E-state index in [0.29, 0.717) is 0 Å². The fourth-order valence-corrected chi connectivity index (χ4v) is 10.3. The van der Waals surface area contributed by atoms with Crippen molar-refractivity contribution in [3.63, 3.8) is 0 Å². The van der Waals surface area contributed by atoms with Crippen molar-refractivity contribution < 1.29 is 0 Å². The van der Waals surface area contributed by atoms with Gasteiger partial charge in [-0.25, -0.2) is 4.98 Å². The molecule has 324 valence electrons. The summed E-state index contributed by atoms with van der Waals surface area (Å²) in [6, 6.07) is 81.3. The van der Waals surface area contributed by atoms with Crippen molar-refractivity contribution >= 4 is 44.0 Å². The molecule has 0 amide bonds. The van der Waals surface area contributed by atoms with Gasteiger partial charge in [0.1, 0.15) is 12.0 Å². The van der Waals surface area contributed by atoms with Crippen molar-refractivity contribution in [2.45, 2.75) is 20.0 Å². The summed E-state index contributed by atoms with van der Waals surface area (Å²) in [5.74, 6) is 0.925. The summed E-state index contributed by atoms with van der Waals surface area (Å²) >= 11 is 0. The maximum Gasteiger partial charge on any atom is 0.145 e. The molecule has 1 N–H and O–H groups in total. The van der Waals surface area contributed by atoms with Gasteiger partial charge in [0.2, 0.25) is 0 Å². The molecular weight excluding hydrogens is 825 g/mol. The summed E-state index contributed by atoms with van der Waals surface area (Å²) < 4.78 is 2.27. The van der Waals surface area contributed by atoms with Gasteiger partial charge in [0.05, 0.1) is 22.4 Å². The molecule has 0 saturated carbocycles. The van der Waals surface area contributed by atoms with Crippen LogP contribution in [0.4, 0.5) is 11.4 Å². The highest BCUT2D eigenvalue weighted by molar-refractivity contribution is 6.22. The second-order valence-electron chi connectivity index (χ2n) is 17.5. The zero-order valence-electron chi connectivity index (χ0n) is 38.0. The number of hydrogen-bond donors (Lipinski definition) is 1. The van der Waals surface area contributed by atoms with Crippen LogP contribution in [0.5, 0.6) is 0 Å². The number of aromatic nitrogens is 2. The fourth-order valence-electron chi connectivity index (χ4n) is 10.3. The number of rotatable bonds is 9. The molecule has 0 spiro atoms. The first-order chi connectivity index (χ1) is 33.6. The van der Waals surface area contributed by atoms with Crippen LogP contribution in [0, 0.1) is 0 Å². The molecule has 4 nitrogen and oxygen atoms in total. The van der Waals surface area contributed by atoms with Crippen LogP contribution in [0.3, 0.4) is 0 Å². The number of anilines is 2. The van der Waals surface area contributed by atoms with Crippen molar-refractivity contribution in [1.82, 2.24) is 9.55 Å². The molecule has 2 heterocycles. The molecule has 1 unspecified atom stereocenters. The fraction of sp³-hybridized carbons (Fsp3) is 0.0469. The lowest BCUT2D eigenvalue weighted by atomic mass is 9.84. The molecule has 0 radical (unpaired) electrons. The summed E-state index contributed by atoms with van der Waals surface area (Å²) in [5, 5.41) is 8.76. The highest BCUT2D eigenvalue weighted by atomic mass is 15.3. The van der Waals surface area contributed by atoms with Crippen LogP contribution in [0.15, 0.2) is 248 Å². The van der Waals surface area contributed by atoms with Crippen molar-refractivity contribution in [2.75, 3.05) is 10.2 Å². The molecule has 12 rings (SSSR count). The third-order valence-electron chi connectivity index (χ3n) is 13.4. The van der Waals surface area contributed by atoms with Gasteiger partial charge in [-0.2, -0.15) is 0 Å². The van der Waals surface area contributed by atoms with Gasteiger partial charge < -0.3 is 10.2 Å². The van der Waals surface area contributed by atoms with E-state index in [9.17, 15) is 0 Å². The van der Waals surface area contributed by atoms with E-state index in [2.05, 4.69) is 271 Å². The lowest BCUT2D eigenvalue weighted by Gasteiger charge is -2.28. The summed E-state index contributed by atoms with van der Waals surface area (Å²) in [6.07, 6.45) is 6.46. The second-order valence-corrected chi connectivity index (χ2v) is 17.5. The SMILES string of the molecule is C/C=C\C(=C/C)N1c2ccc(-c3ccc4c(-c5ccccc5)c5cc(-c6ccc7c(c6)nc(-c6ccccc6)n7-c6ccccc6)ccc5c(-c5ccccc5)c4c3)cc2NC1c1ccccc1. The Labute approximate surface area is 397 Å². The molecule has 11 aromatic rings. The van der Waals surface area contributed by atoms with Crippen molar-refractivity contribution in [3.05, 3.63) is 254 Å². The maximum atomic E-state index is 5.31. The Hall–Kier alpha value is -8.73. The predicted octanol–water partition coefficient (Wildman–Crippen LogP) is 17.1. The van der Waals surface area contributed by atoms with E-state index in [1.807, 2.05) is 0 Å². The normalized spacial score (nSPS) is 13.7. The van der Waals surface area contributed by atoms with Crippen molar-refractivity contribution in [3.8, 4) is 61.6 Å². The van der Waals surface area contributed by atoms with Gasteiger partial charge in [0.25, 0.3) is 0 Å². The Bertz CT molecular complexity index is 3710. The predicted molar refractivity (Wildman–Crippen MR) is 287 cm³/mol. The number of allylic oxidation sites excluding steroid dienone is 3. The summed E-state index contributed by atoms with van der Waals surface area (Å²) in [4.78, 5) is 7.72. The molecule has 10 aromatic carbocycles. The van der Waals surface area contributed by atoms with Crippen LogP contribution in [0.25, 0.3) is 94.2 Å². The Morgan fingerprint density at radius 2 is 0.971 bits per heavy atom. The van der Waals surface area contributed by atoms with Crippen LogP contribution in [-0.4, -0.2) is 9.55 Å². The Kier molecular flexibility index (Phi) is 10.3. The number of imidazole rings is 1. The lowest BCUT2D eigenvalue weighted by molar-refractivity contribution is 0.800. The van der Waals surface area contributed by atoms with Gasteiger partial charge in [-0.1, -0.05) is 188 Å². The summed E-state index contributed by atoms with van der Waals surface area (Å²) in [5.41, 5.74) is 18.3. The zero-order chi connectivity index (χ0) is 45.6. The number of para-hydroxylation sites is 1. The van der Waals surface area contributed by atoms with E-state index in [0.717, 1.165) is 61.9 Å². The van der Waals surface area contributed by atoms with Gasteiger partial charge >= 0.3 is 0 Å². The van der Waals surface area contributed by atoms with Crippen LogP contribution in [-0.2, 0) is 0 Å². The number of fused-ring (bicyclic) bond motifs is 4. The minimum Gasteiger partial charge on any atom is -0.359 e. The van der Waals surface area contributed by atoms with Gasteiger partial charge in [0, 0.05) is 16.9 Å². The summed E-state index contributed by atoms with van der Waals surface area (Å²) in [7, 11) is 0. The topological polar surface area (TPSA) is 33.1 Å². The second kappa shape index (κ2) is 17.2. The third-order valence-corrected chi connectivity index (χ3v) is 13.4. The van der Waals surface area contributed by atoms with Gasteiger partial charge in [0.15, 0.2) is 0 Å².